The van der Waals surface area contributed by atoms with Gasteiger partial charge in [0.1, 0.15) is 0 Å². The van der Waals surface area contributed by atoms with Crippen molar-refractivity contribution in [2.75, 3.05) is 0 Å². The van der Waals surface area contributed by atoms with Crippen molar-refractivity contribution in [2.24, 2.45) is 5.92 Å². The molecule has 10 heavy (non-hydrogen) atoms. The molecule has 1 aliphatic heterocycles. The molecule has 1 aliphatic carbocycles. The summed E-state index contributed by atoms with van der Waals surface area (Å²) in [6, 6.07) is 0. The van der Waals surface area contributed by atoms with Crippen LogP contribution in [-0.2, 0) is 4.74 Å². The van der Waals surface area contributed by atoms with Gasteiger partial charge in [0.05, 0.1) is 12.2 Å². The third-order valence-corrected chi connectivity index (χ3v) is 2.65. The number of hydrogen-bond donors (Lipinski definition) is 0. The molecule has 0 aromatic carbocycles. The molecule has 1 heterocycles. The molecule has 0 bridgehead atoms. The molecule has 3 unspecified atom stereocenters. The minimum absolute atomic E-state index is 0.629. The molecule has 1 saturated carbocycles. The first-order valence-electron chi connectivity index (χ1n) is 4.35. The average molecular weight is 139 g/mol. The Kier molecular flexibility index (Phi) is 1.69. The highest BCUT2D eigenvalue weighted by atomic mass is 16.6. The van der Waals surface area contributed by atoms with Gasteiger partial charge in [-0.15, -0.1) is 0 Å². The number of fused-ring (bicyclic) bond motifs is 1. The molecule has 0 spiro atoms. The van der Waals surface area contributed by atoms with Crippen molar-refractivity contribution in [1.82, 2.24) is 0 Å². The van der Waals surface area contributed by atoms with E-state index in [0.717, 1.165) is 0 Å². The van der Waals surface area contributed by atoms with Gasteiger partial charge in [-0.3, -0.25) is 0 Å². The Morgan fingerprint density at radius 1 is 1.00 bits per heavy atom. The first-order chi connectivity index (χ1) is 4.86. The minimum atomic E-state index is 0.629. The average Bonchev–Trinajstić information content (AvgIpc) is 2.59. The minimum Gasteiger partial charge on any atom is -0.370 e. The van der Waals surface area contributed by atoms with Crippen LogP contribution in [0.3, 0.4) is 0 Å². The zero-order valence-electron chi connectivity index (χ0n) is 6.38. The van der Waals surface area contributed by atoms with E-state index >= 15 is 0 Å². The Balaban J connectivity index is 1.83. The Bertz CT molecular complexity index is 120. The predicted molar refractivity (Wildman–Crippen MR) is 40.6 cm³/mol. The Hall–Kier alpha value is -0.0400. The van der Waals surface area contributed by atoms with E-state index < -0.39 is 0 Å². The fourth-order valence-electron chi connectivity index (χ4n) is 1.84. The molecular formula is C9H15O. The van der Waals surface area contributed by atoms with Gasteiger partial charge in [0.2, 0.25) is 0 Å². The molecule has 0 N–H and O–H groups in total. The molecule has 2 fully saturated rings. The van der Waals surface area contributed by atoms with E-state index in [4.69, 9.17) is 4.74 Å². The monoisotopic (exact) mass is 139 g/mol. The highest BCUT2D eigenvalue weighted by Crippen LogP contribution is 2.35. The van der Waals surface area contributed by atoms with E-state index in [0.29, 0.717) is 18.1 Å². The second-order valence-corrected chi connectivity index (χ2v) is 3.59. The maximum Gasteiger partial charge on any atom is 0.0842 e. The van der Waals surface area contributed by atoms with Crippen LogP contribution in [0.4, 0.5) is 0 Å². The molecule has 3 atom stereocenters. The summed E-state index contributed by atoms with van der Waals surface area (Å²) < 4.78 is 5.46. The van der Waals surface area contributed by atoms with Crippen molar-refractivity contribution in [3.63, 3.8) is 0 Å². The van der Waals surface area contributed by atoms with Crippen LogP contribution in [-0.4, -0.2) is 12.2 Å². The lowest BCUT2D eigenvalue weighted by atomic mass is 9.93. The number of epoxide rings is 1. The molecule has 2 rings (SSSR count). The summed E-state index contributed by atoms with van der Waals surface area (Å²) in [4.78, 5) is 0. The summed E-state index contributed by atoms with van der Waals surface area (Å²) in [5.74, 6) is 0.699. The Morgan fingerprint density at radius 2 is 1.80 bits per heavy atom. The lowest BCUT2D eigenvalue weighted by Gasteiger charge is -2.11. The molecule has 1 saturated heterocycles. The predicted octanol–water partition coefficient (Wildman–Crippen LogP) is 2.17. The molecule has 57 valence electrons. The van der Waals surface area contributed by atoms with E-state index in [-0.39, 0.29) is 0 Å². The normalized spacial score (nSPS) is 47.1. The van der Waals surface area contributed by atoms with Gasteiger partial charge in [-0.1, -0.05) is 19.8 Å². The number of rotatable bonds is 0. The molecule has 2 aliphatic rings. The summed E-state index contributed by atoms with van der Waals surface area (Å²) in [5.41, 5.74) is 0. The standard InChI is InChI=1S/C9H15O/c1-7-3-2-4-8-9(10-8)6-5-7/h7-9H,1-6H2. The summed E-state index contributed by atoms with van der Waals surface area (Å²) >= 11 is 0. The molecule has 0 aromatic heterocycles. The lowest BCUT2D eigenvalue weighted by Crippen LogP contribution is -2.04. The van der Waals surface area contributed by atoms with Gasteiger partial charge in [0.15, 0.2) is 0 Å². The zero-order valence-corrected chi connectivity index (χ0v) is 6.38. The van der Waals surface area contributed by atoms with Crippen molar-refractivity contribution in [2.45, 2.75) is 44.3 Å². The second-order valence-electron chi connectivity index (χ2n) is 3.59. The van der Waals surface area contributed by atoms with Crippen LogP contribution in [0.15, 0.2) is 0 Å². The first kappa shape index (κ1) is 6.66. The highest BCUT2D eigenvalue weighted by Gasteiger charge is 2.38. The highest BCUT2D eigenvalue weighted by molar-refractivity contribution is 4.87. The van der Waals surface area contributed by atoms with Gasteiger partial charge >= 0.3 is 0 Å². The van der Waals surface area contributed by atoms with Gasteiger partial charge in [-0.25, -0.2) is 0 Å². The van der Waals surface area contributed by atoms with Crippen LogP contribution in [0.25, 0.3) is 0 Å². The van der Waals surface area contributed by atoms with Crippen LogP contribution >= 0.6 is 0 Å². The topological polar surface area (TPSA) is 12.5 Å². The number of ether oxygens (including phenoxy) is 1. The summed E-state index contributed by atoms with van der Waals surface area (Å²) in [6.07, 6.45) is 7.75. The molecule has 1 nitrogen and oxygen atoms in total. The van der Waals surface area contributed by atoms with Crippen LogP contribution < -0.4 is 0 Å². The van der Waals surface area contributed by atoms with Gasteiger partial charge in [0.25, 0.3) is 0 Å². The van der Waals surface area contributed by atoms with Gasteiger partial charge in [0, 0.05) is 0 Å². The smallest absolute Gasteiger partial charge is 0.0842 e. The Morgan fingerprint density at radius 3 is 2.70 bits per heavy atom. The van der Waals surface area contributed by atoms with Crippen molar-refractivity contribution in [3.05, 3.63) is 6.92 Å². The van der Waals surface area contributed by atoms with Gasteiger partial charge < -0.3 is 4.74 Å². The van der Waals surface area contributed by atoms with Gasteiger partial charge in [-0.05, 0) is 25.2 Å². The first-order valence-corrected chi connectivity index (χ1v) is 4.35. The zero-order chi connectivity index (χ0) is 6.97. The van der Waals surface area contributed by atoms with Crippen LogP contribution in [0.5, 0.6) is 0 Å². The van der Waals surface area contributed by atoms with E-state index in [1.165, 1.54) is 32.1 Å². The van der Waals surface area contributed by atoms with Gasteiger partial charge in [-0.2, -0.15) is 0 Å². The second kappa shape index (κ2) is 2.54. The Labute approximate surface area is 62.8 Å². The summed E-state index contributed by atoms with van der Waals surface area (Å²) in [6.45, 7) is 4.10. The van der Waals surface area contributed by atoms with E-state index in [1.54, 1.807) is 0 Å². The SMILES string of the molecule is [CH2]C1CCCC2OC2CC1. The van der Waals surface area contributed by atoms with Crippen molar-refractivity contribution in [1.29, 1.82) is 0 Å². The third-order valence-electron chi connectivity index (χ3n) is 2.65. The molecule has 1 heteroatoms. The van der Waals surface area contributed by atoms with Crippen LogP contribution in [0.1, 0.15) is 32.1 Å². The van der Waals surface area contributed by atoms with Crippen molar-refractivity contribution in [3.8, 4) is 0 Å². The van der Waals surface area contributed by atoms with Crippen molar-refractivity contribution >= 4 is 0 Å². The lowest BCUT2D eigenvalue weighted by molar-refractivity contribution is 0.357. The third kappa shape index (κ3) is 1.34. The van der Waals surface area contributed by atoms with Crippen molar-refractivity contribution < 1.29 is 4.74 Å². The molecule has 1 radical (unpaired) electrons. The largest absolute Gasteiger partial charge is 0.370 e. The van der Waals surface area contributed by atoms with E-state index in [2.05, 4.69) is 6.92 Å². The van der Waals surface area contributed by atoms with E-state index in [1.807, 2.05) is 0 Å². The fraction of sp³-hybridized carbons (Fsp3) is 0.889. The maximum absolute atomic E-state index is 5.46. The molecule has 0 amide bonds. The fourth-order valence-corrected chi connectivity index (χ4v) is 1.84. The van der Waals surface area contributed by atoms with E-state index in [9.17, 15) is 0 Å². The molecule has 0 aromatic rings. The summed E-state index contributed by atoms with van der Waals surface area (Å²) in [5, 5.41) is 0. The number of hydrogen-bond acceptors (Lipinski definition) is 1. The summed E-state index contributed by atoms with van der Waals surface area (Å²) in [7, 11) is 0. The quantitative estimate of drug-likeness (QED) is 0.468. The van der Waals surface area contributed by atoms with Crippen LogP contribution in [0.2, 0.25) is 0 Å². The van der Waals surface area contributed by atoms with Crippen LogP contribution in [0, 0.1) is 12.8 Å². The molecular weight excluding hydrogens is 124 g/mol. The maximum atomic E-state index is 5.46.